The van der Waals surface area contributed by atoms with E-state index in [9.17, 15) is 9.90 Å². The standard InChI is InChI=1S/C33H37N3O2S/c1-35(20-26-12-14-28(15-13-26)27-10-6-3-7-11-27)30-18-16-29(17-19-30)31-24-39-32(34-31)22-36(23-33(37)38)21-25-8-4-2-5-9-25/h2,4-5,8-9,12-19,24,27H,3,6-7,10-11,20-23H2,1H3,(H,37,38). The molecule has 0 aliphatic heterocycles. The first-order valence-corrected chi connectivity index (χ1v) is 14.7. The number of anilines is 1. The van der Waals surface area contributed by atoms with E-state index in [2.05, 4.69) is 65.9 Å². The fourth-order valence-electron chi connectivity index (χ4n) is 5.49. The number of aromatic nitrogens is 1. The molecule has 5 nitrogen and oxygen atoms in total. The van der Waals surface area contributed by atoms with E-state index in [1.54, 1.807) is 11.3 Å². The number of carbonyl (C=O) groups is 1. The van der Waals surface area contributed by atoms with Crippen molar-refractivity contribution in [3.05, 3.63) is 106 Å². The fourth-order valence-corrected chi connectivity index (χ4v) is 6.34. The normalized spacial score (nSPS) is 14.0. The van der Waals surface area contributed by atoms with E-state index in [0.717, 1.165) is 34.3 Å². The molecule has 0 radical (unpaired) electrons. The molecule has 6 heteroatoms. The van der Waals surface area contributed by atoms with Crippen molar-refractivity contribution in [3.63, 3.8) is 0 Å². The number of carboxylic acid groups (broad SMARTS) is 1. The van der Waals surface area contributed by atoms with E-state index in [4.69, 9.17) is 4.98 Å². The second-order valence-corrected chi connectivity index (χ2v) is 11.6. The van der Waals surface area contributed by atoms with Gasteiger partial charge >= 0.3 is 5.97 Å². The first-order valence-electron chi connectivity index (χ1n) is 13.9. The highest BCUT2D eigenvalue weighted by Gasteiger charge is 2.16. The van der Waals surface area contributed by atoms with Gasteiger partial charge in [0, 0.05) is 36.8 Å². The maximum absolute atomic E-state index is 11.4. The molecule has 4 aromatic rings. The van der Waals surface area contributed by atoms with Crippen LogP contribution in [0.25, 0.3) is 11.3 Å². The molecule has 0 amide bonds. The molecule has 0 bridgehead atoms. The van der Waals surface area contributed by atoms with E-state index in [1.165, 1.54) is 48.9 Å². The molecule has 1 aliphatic rings. The van der Waals surface area contributed by atoms with Crippen LogP contribution in [0.2, 0.25) is 0 Å². The summed E-state index contributed by atoms with van der Waals surface area (Å²) in [4.78, 5) is 20.5. The molecule has 39 heavy (non-hydrogen) atoms. The van der Waals surface area contributed by atoms with Gasteiger partial charge in [0.2, 0.25) is 0 Å². The molecule has 202 valence electrons. The number of hydrogen-bond donors (Lipinski definition) is 1. The van der Waals surface area contributed by atoms with Gasteiger partial charge in [-0.05, 0) is 47.6 Å². The lowest BCUT2D eigenvalue weighted by atomic mass is 9.84. The third kappa shape index (κ3) is 7.55. The highest BCUT2D eigenvalue weighted by molar-refractivity contribution is 7.09. The zero-order valence-electron chi connectivity index (χ0n) is 22.6. The van der Waals surface area contributed by atoms with Crippen molar-refractivity contribution in [2.75, 3.05) is 18.5 Å². The molecule has 0 atom stereocenters. The summed E-state index contributed by atoms with van der Waals surface area (Å²) in [7, 11) is 2.13. The minimum atomic E-state index is -0.831. The van der Waals surface area contributed by atoms with Gasteiger partial charge in [-0.3, -0.25) is 9.69 Å². The van der Waals surface area contributed by atoms with Gasteiger partial charge in [0.1, 0.15) is 5.01 Å². The third-order valence-electron chi connectivity index (χ3n) is 7.60. The minimum absolute atomic E-state index is 0.0197. The minimum Gasteiger partial charge on any atom is -0.480 e. The fraction of sp³-hybridized carbons (Fsp3) is 0.333. The van der Waals surface area contributed by atoms with Gasteiger partial charge in [0.25, 0.3) is 0 Å². The van der Waals surface area contributed by atoms with Crippen LogP contribution in [0.3, 0.4) is 0 Å². The van der Waals surface area contributed by atoms with Crippen molar-refractivity contribution in [2.24, 2.45) is 0 Å². The van der Waals surface area contributed by atoms with Gasteiger partial charge < -0.3 is 10.0 Å². The van der Waals surface area contributed by atoms with Crippen LogP contribution in [-0.2, 0) is 24.4 Å². The molecule has 1 aliphatic carbocycles. The van der Waals surface area contributed by atoms with Crippen LogP contribution in [0, 0.1) is 0 Å². The Morgan fingerprint density at radius 1 is 0.872 bits per heavy atom. The topological polar surface area (TPSA) is 56.7 Å². The molecular weight excluding hydrogens is 502 g/mol. The Labute approximate surface area is 235 Å². The lowest BCUT2D eigenvalue weighted by molar-refractivity contribution is -0.138. The molecule has 1 N–H and O–H groups in total. The molecule has 3 aromatic carbocycles. The van der Waals surface area contributed by atoms with Crippen LogP contribution >= 0.6 is 11.3 Å². The van der Waals surface area contributed by atoms with Crippen molar-refractivity contribution in [1.82, 2.24) is 9.88 Å². The van der Waals surface area contributed by atoms with E-state index in [1.807, 2.05) is 35.2 Å². The third-order valence-corrected chi connectivity index (χ3v) is 8.43. The van der Waals surface area contributed by atoms with Gasteiger partial charge in [0.05, 0.1) is 18.8 Å². The summed E-state index contributed by atoms with van der Waals surface area (Å²) in [6.45, 7) is 1.93. The number of benzene rings is 3. The van der Waals surface area contributed by atoms with Crippen LogP contribution in [-0.4, -0.2) is 34.6 Å². The van der Waals surface area contributed by atoms with E-state index in [-0.39, 0.29) is 6.54 Å². The lowest BCUT2D eigenvalue weighted by Gasteiger charge is -2.23. The van der Waals surface area contributed by atoms with Gasteiger partial charge in [-0.1, -0.05) is 86.0 Å². The van der Waals surface area contributed by atoms with Crippen LogP contribution < -0.4 is 4.90 Å². The highest BCUT2D eigenvalue weighted by atomic mass is 32.1. The summed E-state index contributed by atoms with van der Waals surface area (Å²) >= 11 is 1.58. The maximum atomic E-state index is 11.4. The molecule has 5 rings (SSSR count). The molecule has 0 unspecified atom stereocenters. The second-order valence-electron chi connectivity index (χ2n) is 10.6. The van der Waals surface area contributed by atoms with E-state index in [0.29, 0.717) is 13.1 Å². The molecule has 1 heterocycles. The Kier molecular flexibility index (Phi) is 9.07. The predicted molar refractivity (Wildman–Crippen MR) is 160 cm³/mol. The largest absolute Gasteiger partial charge is 0.480 e. The molecule has 1 saturated carbocycles. The summed E-state index contributed by atoms with van der Waals surface area (Å²) in [6, 6.07) is 27.7. The molecule has 1 fully saturated rings. The number of hydrogen-bond acceptors (Lipinski definition) is 5. The smallest absolute Gasteiger partial charge is 0.317 e. The number of aliphatic carboxylic acids is 1. The van der Waals surface area contributed by atoms with Crippen LogP contribution in [0.4, 0.5) is 5.69 Å². The van der Waals surface area contributed by atoms with Crippen LogP contribution in [0.1, 0.15) is 59.7 Å². The van der Waals surface area contributed by atoms with Crippen LogP contribution in [0.15, 0.2) is 84.2 Å². The van der Waals surface area contributed by atoms with Crippen molar-refractivity contribution in [3.8, 4) is 11.3 Å². The first kappa shape index (κ1) is 27.1. The molecule has 0 saturated heterocycles. The second kappa shape index (κ2) is 13.0. The number of carboxylic acids is 1. The summed E-state index contributed by atoms with van der Waals surface area (Å²) in [5.41, 5.74) is 7.08. The lowest BCUT2D eigenvalue weighted by Crippen LogP contribution is -2.28. The van der Waals surface area contributed by atoms with Gasteiger partial charge in [-0.25, -0.2) is 4.98 Å². The average Bonchev–Trinajstić information content (AvgIpc) is 3.42. The Morgan fingerprint density at radius 2 is 1.56 bits per heavy atom. The number of thiazole rings is 1. The Hall–Kier alpha value is -3.48. The van der Waals surface area contributed by atoms with E-state index >= 15 is 0 Å². The van der Waals surface area contributed by atoms with Crippen LogP contribution in [0.5, 0.6) is 0 Å². The molecular formula is C33H37N3O2S. The van der Waals surface area contributed by atoms with Crippen molar-refractivity contribution in [2.45, 2.75) is 57.7 Å². The monoisotopic (exact) mass is 539 g/mol. The summed E-state index contributed by atoms with van der Waals surface area (Å²) < 4.78 is 0. The Bertz CT molecular complexity index is 1330. The maximum Gasteiger partial charge on any atom is 0.317 e. The molecule has 1 aromatic heterocycles. The van der Waals surface area contributed by atoms with Crippen molar-refractivity contribution >= 4 is 23.0 Å². The number of rotatable bonds is 11. The first-order chi connectivity index (χ1) is 19.0. The quantitative estimate of drug-likeness (QED) is 0.213. The van der Waals surface area contributed by atoms with Gasteiger partial charge in [0.15, 0.2) is 0 Å². The highest BCUT2D eigenvalue weighted by Crippen LogP contribution is 2.33. The van der Waals surface area contributed by atoms with Crippen molar-refractivity contribution < 1.29 is 9.90 Å². The van der Waals surface area contributed by atoms with E-state index < -0.39 is 5.97 Å². The summed E-state index contributed by atoms with van der Waals surface area (Å²) in [6.07, 6.45) is 6.79. The molecule has 0 spiro atoms. The summed E-state index contributed by atoms with van der Waals surface area (Å²) in [5.74, 6) is -0.0870. The van der Waals surface area contributed by atoms with Gasteiger partial charge in [-0.15, -0.1) is 11.3 Å². The number of nitrogens with zero attached hydrogens (tertiary/aromatic N) is 3. The van der Waals surface area contributed by atoms with Gasteiger partial charge in [-0.2, -0.15) is 0 Å². The zero-order chi connectivity index (χ0) is 27.0. The zero-order valence-corrected chi connectivity index (χ0v) is 23.4. The van der Waals surface area contributed by atoms with Crippen molar-refractivity contribution in [1.29, 1.82) is 0 Å². The Balaban J connectivity index is 1.19. The summed E-state index contributed by atoms with van der Waals surface area (Å²) in [5, 5.41) is 12.4. The average molecular weight is 540 g/mol. The predicted octanol–water partition coefficient (Wildman–Crippen LogP) is 7.58. The SMILES string of the molecule is CN(Cc1ccc(C2CCCCC2)cc1)c1ccc(-c2csc(CN(CC(=O)O)Cc3ccccc3)n2)cc1. The Morgan fingerprint density at radius 3 is 2.26 bits per heavy atom.